The molecule has 0 saturated carbocycles. The smallest absolute Gasteiger partial charge is 0.330 e. The quantitative estimate of drug-likeness (QED) is 0.614. The summed E-state index contributed by atoms with van der Waals surface area (Å²) < 4.78 is 0. The molecule has 0 aromatic heterocycles. The topological polar surface area (TPSA) is 83.5 Å². The highest BCUT2D eigenvalue weighted by Gasteiger charge is 2.09. The van der Waals surface area contributed by atoms with Gasteiger partial charge in [0.2, 0.25) is 0 Å². The molecular formula is C16H25NO4. The first-order valence-corrected chi connectivity index (χ1v) is 6.86. The molecule has 0 aromatic rings. The van der Waals surface area contributed by atoms with Crippen LogP contribution < -0.4 is 5.32 Å². The van der Waals surface area contributed by atoms with Crippen LogP contribution in [0.3, 0.4) is 0 Å². The number of carbonyl (C=O) groups excluding carboxylic acids is 2. The Kier molecular flexibility index (Phi) is 13.2. The van der Waals surface area contributed by atoms with Crippen LogP contribution in [0, 0.1) is 0 Å². The number of aliphatic carboxylic acids is 1. The molecule has 118 valence electrons. The number of rotatable bonds is 4. The minimum atomic E-state index is -0.935. The van der Waals surface area contributed by atoms with E-state index in [1.54, 1.807) is 0 Å². The number of ketones is 2. The summed E-state index contributed by atoms with van der Waals surface area (Å²) in [7, 11) is 0. The van der Waals surface area contributed by atoms with Crippen molar-refractivity contribution in [1.82, 2.24) is 5.32 Å². The normalized spacial score (nSPS) is 12.5. The summed E-state index contributed by atoms with van der Waals surface area (Å²) in [6.07, 6.45) is 4.64. The minimum absolute atomic E-state index is 0.0397. The van der Waals surface area contributed by atoms with Crippen LogP contribution in [-0.4, -0.2) is 35.7 Å². The second kappa shape index (κ2) is 13.0. The van der Waals surface area contributed by atoms with E-state index in [0.717, 1.165) is 13.1 Å². The summed E-state index contributed by atoms with van der Waals surface area (Å²) in [5, 5.41) is 11.0. The first-order chi connectivity index (χ1) is 9.79. The highest BCUT2D eigenvalue weighted by Crippen LogP contribution is 2.07. The van der Waals surface area contributed by atoms with E-state index in [0.29, 0.717) is 12.0 Å². The third kappa shape index (κ3) is 12.8. The van der Waals surface area contributed by atoms with E-state index in [-0.39, 0.29) is 17.1 Å². The third-order valence-corrected chi connectivity index (χ3v) is 2.28. The molecule has 1 rings (SSSR count). The van der Waals surface area contributed by atoms with E-state index in [9.17, 15) is 14.4 Å². The number of carboxylic acid groups (broad SMARTS) is 1. The third-order valence-electron chi connectivity index (χ3n) is 2.28. The monoisotopic (exact) mass is 295 g/mol. The maximum absolute atomic E-state index is 10.9. The summed E-state index contributed by atoms with van der Waals surface area (Å²) in [6, 6.07) is 0. The molecule has 0 aliphatic heterocycles. The van der Waals surface area contributed by atoms with Gasteiger partial charge in [0.15, 0.2) is 11.6 Å². The van der Waals surface area contributed by atoms with Crippen molar-refractivity contribution in [2.24, 2.45) is 0 Å². The number of carbonyl (C=O) groups is 3. The van der Waals surface area contributed by atoms with Crippen molar-refractivity contribution < 1.29 is 19.5 Å². The first-order valence-electron chi connectivity index (χ1n) is 6.86. The van der Waals surface area contributed by atoms with E-state index in [4.69, 9.17) is 5.11 Å². The maximum atomic E-state index is 10.9. The van der Waals surface area contributed by atoms with E-state index in [2.05, 4.69) is 25.7 Å². The van der Waals surface area contributed by atoms with Gasteiger partial charge in [0.05, 0.1) is 0 Å². The highest BCUT2D eigenvalue weighted by molar-refractivity contribution is 6.17. The molecule has 1 aliphatic carbocycles. The van der Waals surface area contributed by atoms with Crippen molar-refractivity contribution in [3.63, 3.8) is 0 Å². The van der Waals surface area contributed by atoms with E-state index >= 15 is 0 Å². The predicted octanol–water partition coefficient (Wildman–Crippen LogP) is 2.29. The van der Waals surface area contributed by atoms with E-state index in [1.807, 2.05) is 6.92 Å². The zero-order chi connectivity index (χ0) is 16.8. The van der Waals surface area contributed by atoms with Crippen molar-refractivity contribution in [3.05, 3.63) is 36.0 Å². The van der Waals surface area contributed by atoms with Crippen molar-refractivity contribution in [3.8, 4) is 0 Å². The highest BCUT2D eigenvalue weighted by atomic mass is 16.4. The molecular weight excluding hydrogens is 270 g/mol. The summed E-state index contributed by atoms with van der Waals surface area (Å²) in [5.41, 5.74) is 0.780. The Morgan fingerprint density at radius 1 is 1.19 bits per heavy atom. The molecule has 0 heterocycles. The van der Waals surface area contributed by atoms with Gasteiger partial charge in [0, 0.05) is 11.1 Å². The lowest BCUT2D eigenvalue weighted by molar-refractivity contribution is -0.132. The van der Waals surface area contributed by atoms with E-state index in [1.165, 1.54) is 25.2 Å². The fourth-order valence-electron chi connectivity index (χ4n) is 1.08. The number of nitrogens with one attached hydrogen (secondary N) is 1. The van der Waals surface area contributed by atoms with Crippen LogP contribution in [0.4, 0.5) is 0 Å². The summed E-state index contributed by atoms with van der Waals surface area (Å²) in [5.74, 6) is -1.06. The second-order valence-electron chi connectivity index (χ2n) is 4.17. The van der Waals surface area contributed by atoms with Crippen LogP contribution in [-0.2, 0) is 14.4 Å². The molecule has 0 aromatic carbocycles. The molecule has 0 radical (unpaired) electrons. The molecule has 0 saturated heterocycles. The molecule has 0 bridgehead atoms. The minimum Gasteiger partial charge on any atom is -0.478 e. The van der Waals surface area contributed by atoms with Gasteiger partial charge in [-0.25, -0.2) is 4.79 Å². The van der Waals surface area contributed by atoms with Crippen molar-refractivity contribution >= 4 is 17.5 Å². The van der Waals surface area contributed by atoms with Crippen LogP contribution >= 0.6 is 0 Å². The van der Waals surface area contributed by atoms with Gasteiger partial charge in [-0.15, -0.1) is 0 Å². The Hall–Kier alpha value is -2.01. The molecule has 21 heavy (non-hydrogen) atoms. The van der Waals surface area contributed by atoms with Gasteiger partial charge in [-0.2, -0.15) is 0 Å². The Morgan fingerprint density at radius 2 is 1.67 bits per heavy atom. The van der Waals surface area contributed by atoms with Gasteiger partial charge in [0.25, 0.3) is 0 Å². The molecule has 2 N–H and O–H groups in total. The second-order valence-corrected chi connectivity index (χ2v) is 4.17. The van der Waals surface area contributed by atoms with Crippen LogP contribution in [0.1, 0.15) is 34.1 Å². The number of hydrogen-bond acceptors (Lipinski definition) is 4. The number of allylic oxidation sites excluding steroid dienone is 4. The molecule has 0 unspecified atom stereocenters. The number of carboxylic acids is 1. The van der Waals surface area contributed by atoms with Gasteiger partial charge < -0.3 is 10.4 Å². The fraction of sp³-hybridized carbons (Fsp3) is 0.438. The van der Waals surface area contributed by atoms with Crippen LogP contribution in [0.2, 0.25) is 0 Å². The van der Waals surface area contributed by atoms with Crippen molar-refractivity contribution in [1.29, 1.82) is 0 Å². The lowest BCUT2D eigenvalue weighted by atomic mass is 10.0. The zero-order valence-corrected chi connectivity index (χ0v) is 13.2. The lowest BCUT2D eigenvalue weighted by Gasteiger charge is -2.01. The Labute approximate surface area is 126 Å². The Morgan fingerprint density at radius 3 is 1.90 bits per heavy atom. The van der Waals surface area contributed by atoms with Gasteiger partial charge in [-0.3, -0.25) is 9.59 Å². The molecule has 1 aliphatic rings. The molecule has 0 spiro atoms. The Balaban J connectivity index is 0. The van der Waals surface area contributed by atoms with Crippen LogP contribution in [0.25, 0.3) is 0 Å². The molecule has 0 atom stereocenters. The van der Waals surface area contributed by atoms with Crippen molar-refractivity contribution in [2.75, 3.05) is 13.1 Å². The average molecular weight is 295 g/mol. The maximum Gasteiger partial charge on any atom is 0.330 e. The number of hydrogen-bond donors (Lipinski definition) is 2. The largest absolute Gasteiger partial charge is 0.478 e. The SMILES string of the molecule is C=C(C)C(=O)O.CCC1=CC(=O)C=CC1=O.CCNCC. The zero-order valence-electron chi connectivity index (χ0n) is 13.2. The van der Waals surface area contributed by atoms with Crippen LogP contribution in [0.5, 0.6) is 0 Å². The van der Waals surface area contributed by atoms with Gasteiger partial charge in [-0.1, -0.05) is 27.4 Å². The summed E-state index contributed by atoms with van der Waals surface area (Å²) >= 11 is 0. The fourth-order valence-corrected chi connectivity index (χ4v) is 1.08. The van der Waals surface area contributed by atoms with E-state index < -0.39 is 5.97 Å². The van der Waals surface area contributed by atoms with Gasteiger partial charge in [-0.05, 0) is 44.7 Å². The van der Waals surface area contributed by atoms with Gasteiger partial charge >= 0.3 is 5.97 Å². The Bertz CT molecular complexity index is 420. The van der Waals surface area contributed by atoms with Crippen molar-refractivity contribution in [2.45, 2.75) is 34.1 Å². The van der Waals surface area contributed by atoms with Crippen LogP contribution in [0.15, 0.2) is 36.0 Å². The summed E-state index contributed by atoms with van der Waals surface area (Å²) in [4.78, 5) is 31.1. The van der Waals surface area contributed by atoms with Gasteiger partial charge in [0.1, 0.15) is 0 Å². The molecule has 5 nitrogen and oxygen atoms in total. The molecule has 0 fully saturated rings. The summed E-state index contributed by atoms with van der Waals surface area (Å²) in [6.45, 7) is 12.8. The average Bonchev–Trinajstić information content (AvgIpc) is 2.43. The molecule has 5 heteroatoms. The standard InChI is InChI=1S/C8H8O2.C4H11N.C4H6O2/c1-2-6-5-7(9)3-4-8(6)10;1-3-5-4-2;1-3(2)4(5)6/h3-5H,2H2,1H3;5H,3-4H2,1-2H3;1H2,2H3,(H,5,6). The first kappa shape index (κ1) is 21.3. The lowest BCUT2D eigenvalue weighted by Crippen LogP contribution is -2.09. The molecule has 0 amide bonds. The predicted molar refractivity (Wildman–Crippen MR) is 84.2 cm³/mol.